The lowest BCUT2D eigenvalue weighted by molar-refractivity contribution is -0.137. The average molecular weight is 376 g/mol. The third kappa shape index (κ3) is 5.23. The van der Waals surface area contributed by atoms with Gasteiger partial charge in [0.1, 0.15) is 17.7 Å². The Morgan fingerprint density at radius 2 is 2.00 bits per heavy atom. The summed E-state index contributed by atoms with van der Waals surface area (Å²) in [7, 11) is 0. The number of halogens is 2. The number of rotatable bonds is 9. The van der Waals surface area contributed by atoms with Crippen LogP contribution in [0.3, 0.4) is 0 Å². The van der Waals surface area contributed by atoms with Crippen LogP contribution in [-0.2, 0) is 11.3 Å². The van der Waals surface area contributed by atoms with Gasteiger partial charge in [-0.3, -0.25) is 4.79 Å². The van der Waals surface area contributed by atoms with Crippen LogP contribution in [-0.4, -0.2) is 28.7 Å². The zero-order chi connectivity index (χ0) is 19.2. The number of ether oxygens (including phenoxy) is 1. The number of pyridine rings is 1. The molecule has 0 aliphatic heterocycles. The van der Waals surface area contributed by atoms with Crippen molar-refractivity contribution in [3.8, 4) is 17.1 Å². The Kier molecular flexibility index (Phi) is 6.34. The Bertz CT molecular complexity index is 787. The van der Waals surface area contributed by atoms with E-state index >= 15 is 0 Å². The van der Waals surface area contributed by atoms with Gasteiger partial charge in [-0.2, -0.15) is 0 Å². The van der Waals surface area contributed by atoms with E-state index in [1.54, 1.807) is 18.2 Å². The first kappa shape index (κ1) is 19.2. The van der Waals surface area contributed by atoms with E-state index in [-0.39, 0.29) is 24.6 Å². The van der Waals surface area contributed by atoms with E-state index in [2.05, 4.69) is 10.3 Å². The number of hydrogen-bond donors (Lipinski definition) is 2. The van der Waals surface area contributed by atoms with E-state index in [1.807, 2.05) is 0 Å². The fourth-order valence-electron chi connectivity index (χ4n) is 2.80. The van der Waals surface area contributed by atoms with Crippen LogP contribution in [0.2, 0.25) is 0 Å². The number of carboxylic acids is 1. The summed E-state index contributed by atoms with van der Waals surface area (Å²) in [5.74, 6) is -1.76. The molecular weight excluding hydrogens is 354 g/mol. The van der Waals surface area contributed by atoms with Gasteiger partial charge in [0.05, 0.1) is 5.69 Å². The van der Waals surface area contributed by atoms with Crippen molar-refractivity contribution in [2.45, 2.75) is 44.8 Å². The highest BCUT2D eigenvalue weighted by molar-refractivity contribution is 5.66. The fraction of sp³-hybridized carbons (Fsp3) is 0.400. The number of hydrogen-bond acceptors (Lipinski definition) is 4. The van der Waals surface area contributed by atoms with E-state index in [4.69, 9.17) is 9.84 Å². The summed E-state index contributed by atoms with van der Waals surface area (Å²) < 4.78 is 34.5. The summed E-state index contributed by atoms with van der Waals surface area (Å²) in [6.45, 7) is 0.366. The third-order valence-corrected chi connectivity index (χ3v) is 4.55. The van der Waals surface area contributed by atoms with Crippen LogP contribution in [0.4, 0.5) is 8.78 Å². The van der Waals surface area contributed by atoms with Crippen molar-refractivity contribution >= 4 is 5.97 Å². The summed E-state index contributed by atoms with van der Waals surface area (Å²) in [6.07, 6.45) is 3.74. The first-order valence-electron chi connectivity index (χ1n) is 9.07. The highest BCUT2D eigenvalue weighted by Gasteiger charge is 2.20. The molecule has 0 amide bonds. The van der Waals surface area contributed by atoms with Crippen LogP contribution in [0, 0.1) is 11.6 Å². The lowest BCUT2D eigenvalue weighted by atomic mass is 9.96. The summed E-state index contributed by atoms with van der Waals surface area (Å²) in [5.41, 5.74) is 0.722. The maximum atomic E-state index is 14.4. The van der Waals surface area contributed by atoms with E-state index in [1.165, 1.54) is 12.1 Å². The van der Waals surface area contributed by atoms with Crippen LogP contribution >= 0.6 is 0 Å². The van der Waals surface area contributed by atoms with Crippen molar-refractivity contribution in [1.29, 1.82) is 0 Å². The van der Waals surface area contributed by atoms with Crippen LogP contribution in [0.1, 0.15) is 37.7 Å². The largest absolute Gasteiger partial charge is 0.481 e. The van der Waals surface area contributed by atoms with Gasteiger partial charge in [0.15, 0.2) is 0 Å². The van der Waals surface area contributed by atoms with Crippen molar-refractivity contribution < 1.29 is 23.4 Å². The summed E-state index contributed by atoms with van der Waals surface area (Å²) >= 11 is 0. The van der Waals surface area contributed by atoms with Gasteiger partial charge < -0.3 is 15.2 Å². The van der Waals surface area contributed by atoms with Crippen molar-refractivity contribution in [3.63, 3.8) is 0 Å². The Morgan fingerprint density at radius 3 is 2.63 bits per heavy atom. The fourth-order valence-corrected chi connectivity index (χ4v) is 2.80. The maximum Gasteiger partial charge on any atom is 0.303 e. The molecule has 1 aromatic carbocycles. The highest BCUT2D eigenvalue weighted by atomic mass is 19.1. The second kappa shape index (κ2) is 8.90. The zero-order valence-electron chi connectivity index (χ0n) is 14.9. The van der Waals surface area contributed by atoms with E-state index in [9.17, 15) is 13.6 Å². The van der Waals surface area contributed by atoms with Gasteiger partial charge in [-0.05, 0) is 50.4 Å². The number of aliphatic carboxylic acids is 1. The van der Waals surface area contributed by atoms with Crippen LogP contribution in [0.15, 0.2) is 30.3 Å². The van der Waals surface area contributed by atoms with Gasteiger partial charge in [0.2, 0.25) is 5.88 Å². The minimum Gasteiger partial charge on any atom is -0.481 e. The maximum absolute atomic E-state index is 14.4. The molecule has 1 heterocycles. The average Bonchev–Trinajstić information content (AvgIpc) is 2.60. The SMILES string of the molecule is O=C(O)CCCNCc1c(F)cc(-c2cccc(OC3CCC3)n2)cc1F. The first-order chi connectivity index (χ1) is 13.0. The number of carbonyl (C=O) groups is 1. The van der Waals surface area contributed by atoms with E-state index in [0.717, 1.165) is 19.3 Å². The zero-order valence-corrected chi connectivity index (χ0v) is 14.9. The molecule has 144 valence electrons. The number of benzene rings is 1. The smallest absolute Gasteiger partial charge is 0.303 e. The molecule has 2 N–H and O–H groups in total. The number of carboxylic acid groups (broad SMARTS) is 1. The molecule has 0 unspecified atom stereocenters. The molecule has 1 fully saturated rings. The topological polar surface area (TPSA) is 71.5 Å². The molecule has 1 saturated carbocycles. The van der Waals surface area contributed by atoms with Gasteiger partial charge in [-0.1, -0.05) is 6.07 Å². The Hall–Kier alpha value is -2.54. The number of aromatic nitrogens is 1. The van der Waals surface area contributed by atoms with Crippen LogP contribution in [0.5, 0.6) is 5.88 Å². The van der Waals surface area contributed by atoms with E-state index in [0.29, 0.717) is 30.1 Å². The summed E-state index contributed by atoms with van der Waals surface area (Å²) in [4.78, 5) is 14.8. The Morgan fingerprint density at radius 1 is 1.26 bits per heavy atom. The summed E-state index contributed by atoms with van der Waals surface area (Å²) in [5, 5.41) is 11.4. The second-order valence-corrected chi connectivity index (χ2v) is 6.62. The lowest BCUT2D eigenvalue weighted by Gasteiger charge is -2.25. The molecule has 0 radical (unpaired) electrons. The molecular formula is C20H22F2N2O3. The predicted molar refractivity (Wildman–Crippen MR) is 96.4 cm³/mol. The normalized spacial score (nSPS) is 14.0. The van der Waals surface area contributed by atoms with Crippen molar-refractivity contribution in [2.24, 2.45) is 0 Å². The molecule has 3 rings (SSSR count). The molecule has 1 aromatic heterocycles. The molecule has 27 heavy (non-hydrogen) atoms. The quantitative estimate of drug-likeness (QED) is 0.649. The van der Waals surface area contributed by atoms with Crippen LogP contribution < -0.4 is 10.1 Å². The molecule has 0 atom stereocenters. The van der Waals surface area contributed by atoms with Gasteiger partial charge in [0.25, 0.3) is 0 Å². The number of nitrogens with zero attached hydrogens (tertiary/aromatic N) is 1. The Labute approximate surface area is 156 Å². The molecule has 2 aromatic rings. The van der Waals surface area contributed by atoms with Gasteiger partial charge in [-0.25, -0.2) is 13.8 Å². The van der Waals surface area contributed by atoms with Gasteiger partial charge >= 0.3 is 5.97 Å². The Balaban J connectivity index is 1.66. The molecule has 0 saturated heterocycles. The van der Waals surface area contributed by atoms with Crippen molar-refractivity contribution in [3.05, 3.63) is 47.5 Å². The molecule has 1 aliphatic carbocycles. The third-order valence-electron chi connectivity index (χ3n) is 4.55. The predicted octanol–water partition coefficient (Wildman–Crippen LogP) is 3.91. The van der Waals surface area contributed by atoms with Gasteiger partial charge in [-0.15, -0.1) is 0 Å². The summed E-state index contributed by atoms with van der Waals surface area (Å²) in [6, 6.07) is 7.69. The van der Waals surface area contributed by atoms with Crippen molar-refractivity contribution in [1.82, 2.24) is 10.3 Å². The van der Waals surface area contributed by atoms with Gasteiger partial charge in [0, 0.05) is 30.2 Å². The molecule has 0 bridgehead atoms. The van der Waals surface area contributed by atoms with E-state index < -0.39 is 17.6 Å². The number of nitrogens with one attached hydrogen (secondary N) is 1. The molecule has 5 nitrogen and oxygen atoms in total. The first-order valence-corrected chi connectivity index (χ1v) is 9.07. The molecule has 7 heteroatoms. The molecule has 1 aliphatic rings. The second-order valence-electron chi connectivity index (χ2n) is 6.62. The standard InChI is InChI=1S/C20H22F2N2O3/c21-16-10-13(11-17(22)15(16)12-23-9-3-8-20(25)26)18-6-2-7-19(24-18)27-14-4-1-5-14/h2,6-7,10-11,14,23H,1,3-5,8-9,12H2,(H,25,26). The lowest BCUT2D eigenvalue weighted by Crippen LogP contribution is -2.24. The minimum atomic E-state index is -0.894. The molecule has 0 spiro atoms. The van der Waals surface area contributed by atoms with Crippen molar-refractivity contribution in [2.75, 3.05) is 6.54 Å². The van der Waals surface area contributed by atoms with Crippen LogP contribution in [0.25, 0.3) is 11.3 Å². The minimum absolute atomic E-state index is 0.00414. The monoisotopic (exact) mass is 376 g/mol. The highest BCUT2D eigenvalue weighted by Crippen LogP contribution is 2.27.